The first-order valence-corrected chi connectivity index (χ1v) is 4.71. The summed E-state index contributed by atoms with van der Waals surface area (Å²) in [7, 11) is 2.12. The van der Waals surface area contributed by atoms with Crippen molar-refractivity contribution in [3.05, 3.63) is 0 Å². The van der Waals surface area contributed by atoms with Crippen molar-refractivity contribution in [2.75, 3.05) is 33.4 Å². The van der Waals surface area contributed by atoms with Gasteiger partial charge in [-0.2, -0.15) is 0 Å². The Bertz CT molecular complexity index is 132. The Kier molecular flexibility index (Phi) is 3.50. The lowest BCUT2D eigenvalue weighted by molar-refractivity contribution is 0.161. The van der Waals surface area contributed by atoms with Crippen LogP contribution in [0.5, 0.6) is 0 Å². The number of rotatable bonds is 4. The van der Waals surface area contributed by atoms with Crippen LogP contribution in [0.1, 0.15) is 19.8 Å². The molecule has 1 aliphatic heterocycles. The minimum Gasteiger partial charge on any atom is -0.379 e. The smallest absolute Gasteiger partial charge is 0.0659 e. The summed E-state index contributed by atoms with van der Waals surface area (Å²) in [4.78, 5) is 2.29. The van der Waals surface area contributed by atoms with Gasteiger partial charge in [0.25, 0.3) is 0 Å². The first-order valence-electron chi connectivity index (χ1n) is 4.71. The highest BCUT2D eigenvalue weighted by Gasteiger charge is 2.31. The molecule has 1 rings (SSSR count). The van der Waals surface area contributed by atoms with Crippen molar-refractivity contribution in [2.45, 2.75) is 25.3 Å². The van der Waals surface area contributed by atoms with Crippen LogP contribution < -0.4 is 5.73 Å². The third-order valence-corrected chi connectivity index (χ3v) is 2.32. The Morgan fingerprint density at radius 3 is 2.83 bits per heavy atom. The molecule has 0 spiro atoms. The van der Waals surface area contributed by atoms with Gasteiger partial charge in [-0.1, -0.05) is 6.92 Å². The van der Waals surface area contributed by atoms with E-state index in [1.165, 1.54) is 6.42 Å². The lowest BCUT2D eigenvalue weighted by Crippen LogP contribution is -2.49. The summed E-state index contributed by atoms with van der Waals surface area (Å²) in [5.41, 5.74) is 6.04. The largest absolute Gasteiger partial charge is 0.379 e. The fourth-order valence-electron chi connectivity index (χ4n) is 1.75. The SMILES string of the molecule is CCCN(C)CC1(N)CCOC1. The fraction of sp³-hybridized carbons (Fsp3) is 1.00. The van der Waals surface area contributed by atoms with E-state index in [9.17, 15) is 0 Å². The number of ether oxygens (including phenoxy) is 1. The highest BCUT2D eigenvalue weighted by Crippen LogP contribution is 2.16. The van der Waals surface area contributed by atoms with E-state index in [1.54, 1.807) is 0 Å². The second kappa shape index (κ2) is 4.21. The van der Waals surface area contributed by atoms with Crippen molar-refractivity contribution >= 4 is 0 Å². The van der Waals surface area contributed by atoms with Gasteiger partial charge in [0, 0.05) is 13.2 Å². The molecule has 0 aliphatic carbocycles. The van der Waals surface area contributed by atoms with Gasteiger partial charge in [0.2, 0.25) is 0 Å². The van der Waals surface area contributed by atoms with Crippen LogP contribution in [0.25, 0.3) is 0 Å². The molecule has 0 aromatic rings. The molecule has 0 aromatic carbocycles. The van der Waals surface area contributed by atoms with E-state index >= 15 is 0 Å². The second-order valence-corrected chi connectivity index (χ2v) is 3.90. The maximum absolute atomic E-state index is 6.12. The molecule has 1 atom stereocenters. The van der Waals surface area contributed by atoms with Gasteiger partial charge >= 0.3 is 0 Å². The normalized spacial score (nSPS) is 30.0. The summed E-state index contributed by atoms with van der Waals surface area (Å²) in [6.45, 7) is 5.82. The summed E-state index contributed by atoms with van der Waals surface area (Å²) >= 11 is 0. The first kappa shape index (κ1) is 9.96. The molecular formula is C9H20N2O. The number of likely N-dealkylation sites (N-methyl/N-ethyl adjacent to an activating group) is 1. The highest BCUT2D eigenvalue weighted by atomic mass is 16.5. The van der Waals surface area contributed by atoms with Crippen molar-refractivity contribution < 1.29 is 4.74 Å². The summed E-state index contributed by atoms with van der Waals surface area (Å²) in [6.07, 6.45) is 2.19. The van der Waals surface area contributed by atoms with Crippen molar-refractivity contribution in [2.24, 2.45) is 5.73 Å². The van der Waals surface area contributed by atoms with Gasteiger partial charge < -0.3 is 15.4 Å². The quantitative estimate of drug-likeness (QED) is 0.669. The molecule has 1 unspecified atom stereocenters. The molecule has 1 heterocycles. The molecule has 0 amide bonds. The maximum Gasteiger partial charge on any atom is 0.0659 e. The predicted octanol–water partition coefficient (Wildman–Crippen LogP) is 0.446. The summed E-state index contributed by atoms with van der Waals surface area (Å²) < 4.78 is 5.29. The lowest BCUT2D eigenvalue weighted by Gasteiger charge is -2.27. The number of hydrogen-bond donors (Lipinski definition) is 1. The van der Waals surface area contributed by atoms with Crippen molar-refractivity contribution in [3.63, 3.8) is 0 Å². The van der Waals surface area contributed by atoms with Gasteiger partial charge in [-0.05, 0) is 26.4 Å². The molecule has 72 valence electrons. The standard InChI is InChI=1S/C9H20N2O/c1-3-5-11(2)7-9(10)4-6-12-8-9/h3-8,10H2,1-2H3. The predicted molar refractivity (Wildman–Crippen MR) is 50.1 cm³/mol. The Morgan fingerprint density at radius 2 is 2.33 bits per heavy atom. The minimum absolute atomic E-state index is 0.0794. The number of nitrogens with zero attached hydrogens (tertiary/aromatic N) is 1. The molecule has 0 bridgehead atoms. The number of hydrogen-bond acceptors (Lipinski definition) is 3. The molecule has 0 saturated carbocycles. The van der Waals surface area contributed by atoms with Gasteiger partial charge in [0.1, 0.15) is 0 Å². The van der Waals surface area contributed by atoms with Crippen molar-refractivity contribution in [1.29, 1.82) is 0 Å². The molecule has 3 nitrogen and oxygen atoms in total. The molecule has 0 aromatic heterocycles. The monoisotopic (exact) mass is 172 g/mol. The van der Waals surface area contributed by atoms with E-state index in [2.05, 4.69) is 18.9 Å². The Balaban J connectivity index is 2.28. The highest BCUT2D eigenvalue weighted by molar-refractivity contribution is 4.90. The van der Waals surface area contributed by atoms with Crippen LogP contribution in [0.15, 0.2) is 0 Å². The Labute approximate surface area is 74.9 Å². The molecule has 1 saturated heterocycles. The maximum atomic E-state index is 6.12. The number of nitrogens with two attached hydrogens (primary N) is 1. The fourth-order valence-corrected chi connectivity index (χ4v) is 1.75. The third kappa shape index (κ3) is 2.73. The average molecular weight is 172 g/mol. The van der Waals surface area contributed by atoms with Crippen LogP contribution in [0.4, 0.5) is 0 Å². The van der Waals surface area contributed by atoms with E-state index in [-0.39, 0.29) is 5.54 Å². The van der Waals surface area contributed by atoms with E-state index in [1.807, 2.05) is 0 Å². The van der Waals surface area contributed by atoms with Gasteiger partial charge in [-0.25, -0.2) is 0 Å². The summed E-state index contributed by atoms with van der Waals surface area (Å²) in [5, 5.41) is 0. The zero-order valence-electron chi connectivity index (χ0n) is 8.18. The van der Waals surface area contributed by atoms with Gasteiger partial charge in [-0.3, -0.25) is 0 Å². The topological polar surface area (TPSA) is 38.5 Å². The zero-order chi connectivity index (χ0) is 9.03. The van der Waals surface area contributed by atoms with E-state index in [4.69, 9.17) is 10.5 Å². The molecule has 1 aliphatic rings. The van der Waals surface area contributed by atoms with Crippen LogP contribution in [-0.4, -0.2) is 43.8 Å². The Morgan fingerprint density at radius 1 is 1.58 bits per heavy atom. The van der Waals surface area contributed by atoms with E-state index in [0.29, 0.717) is 0 Å². The van der Waals surface area contributed by atoms with Crippen LogP contribution in [-0.2, 0) is 4.74 Å². The van der Waals surface area contributed by atoms with Crippen molar-refractivity contribution in [1.82, 2.24) is 4.90 Å². The lowest BCUT2D eigenvalue weighted by atomic mass is 10.00. The van der Waals surface area contributed by atoms with Crippen LogP contribution >= 0.6 is 0 Å². The van der Waals surface area contributed by atoms with Gasteiger partial charge in [0.05, 0.1) is 12.1 Å². The van der Waals surface area contributed by atoms with Crippen LogP contribution in [0.2, 0.25) is 0 Å². The average Bonchev–Trinajstić information content (AvgIpc) is 2.36. The summed E-state index contributed by atoms with van der Waals surface area (Å²) in [5.74, 6) is 0. The van der Waals surface area contributed by atoms with E-state index in [0.717, 1.165) is 32.7 Å². The third-order valence-electron chi connectivity index (χ3n) is 2.32. The molecule has 2 N–H and O–H groups in total. The first-order chi connectivity index (χ1) is 5.66. The molecule has 1 fully saturated rings. The van der Waals surface area contributed by atoms with E-state index < -0.39 is 0 Å². The molecule has 12 heavy (non-hydrogen) atoms. The Hall–Kier alpha value is -0.120. The van der Waals surface area contributed by atoms with Crippen LogP contribution in [0, 0.1) is 0 Å². The molecule has 0 radical (unpaired) electrons. The van der Waals surface area contributed by atoms with Crippen molar-refractivity contribution in [3.8, 4) is 0 Å². The van der Waals surface area contributed by atoms with Gasteiger partial charge in [-0.15, -0.1) is 0 Å². The van der Waals surface area contributed by atoms with Crippen LogP contribution in [0.3, 0.4) is 0 Å². The molecule has 3 heteroatoms. The molecular weight excluding hydrogens is 152 g/mol. The zero-order valence-corrected chi connectivity index (χ0v) is 8.18. The minimum atomic E-state index is -0.0794. The van der Waals surface area contributed by atoms with Gasteiger partial charge in [0.15, 0.2) is 0 Å². The second-order valence-electron chi connectivity index (χ2n) is 3.90. The summed E-state index contributed by atoms with van der Waals surface area (Å²) in [6, 6.07) is 0.